The van der Waals surface area contributed by atoms with Crippen LogP contribution >= 0.6 is 11.6 Å². The fraction of sp³-hybridized carbons (Fsp3) is 0.500. The van der Waals surface area contributed by atoms with E-state index < -0.39 is 9.84 Å². The maximum absolute atomic E-state index is 12.5. The molecule has 0 aromatic heterocycles. The molecule has 0 unspecified atom stereocenters. The van der Waals surface area contributed by atoms with Crippen molar-refractivity contribution in [2.75, 3.05) is 6.26 Å². The largest absolute Gasteiger partial charge is 0.333 e. The molecule has 0 spiro atoms. The Morgan fingerprint density at radius 2 is 1.95 bits per heavy atom. The number of benzene rings is 1. The molecule has 1 aliphatic carbocycles. The molecular formula is C14H18ClNO3S. The minimum absolute atomic E-state index is 0.00418. The molecule has 1 saturated carbocycles. The summed E-state index contributed by atoms with van der Waals surface area (Å²) in [4.78, 5) is 14.4. The Hall–Kier alpha value is -1.07. The average molecular weight is 316 g/mol. The molecule has 2 rings (SSSR count). The summed E-state index contributed by atoms with van der Waals surface area (Å²) in [6, 6.07) is 4.79. The van der Waals surface area contributed by atoms with Crippen LogP contribution in [0.15, 0.2) is 23.1 Å². The highest BCUT2D eigenvalue weighted by Gasteiger charge is 2.35. The molecule has 0 radical (unpaired) electrons. The Labute approximate surface area is 124 Å². The van der Waals surface area contributed by atoms with Crippen molar-refractivity contribution in [1.29, 1.82) is 0 Å². The highest BCUT2D eigenvalue weighted by atomic mass is 35.5. The summed E-state index contributed by atoms with van der Waals surface area (Å²) < 4.78 is 23.3. The second-order valence-corrected chi connectivity index (χ2v) is 7.85. The number of carbonyl (C=O) groups excluding carboxylic acids is 1. The molecule has 6 heteroatoms. The normalized spacial score (nSPS) is 15.4. The fourth-order valence-electron chi connectivity index (χ4n) is 2.24. The zero-order valence-corrected chi connectivity index (χ0v) is 13.3. The number of carbonyl (C=O) groups is 1. The van der Waals surface area contributed by atoms with Gasteiger partial charge in [0.2, 0.25) is 0 Å². The third kappa shape index (κ3) is 3.15. The van der Waals surface area contributed by atoms with Crippen molar-refractivity contribution >= 4 is 27.3 Å². The molecule has 0 N–H and O–H groups in total. The van der Waals surface area contributed by atoms with Gasteiger partial charge in [0.15, 0.2) is 9.84 Å². The van der Waals surface area contributed by atoms with Gasteiger partial charge in [0.05, 0.1) is 9.92 Å². The maximum Gasteiger partial charge on any atom is 0.254 e. The fourth-order valence-corrected chi connectivity index (χ4v) is 3.55. The lowest BCUT2D eigenvalue weighted by molar-refractivity contribution is 0.0690. The minimum Gasteiger partial charge on any atom is -0.333 e. The number of halogens is 1. The van der Waals surface area contributed by atoms with Crippen LogP contribution < -0.4 is 0 Å². The molecule has 0 saturated heterocycles. The molecule has 0 aliphatic heterocycles. The van der Waals surface area contributed by atoms with Gasteiger partial charge in [0, 0.05) is 23.9 Å². The number of amides is 1. The standard InChI is InChI=1S/C14H18ClNO3S/c1-9(2)16(11-5-6-11)14(17)10-4-7-12(15)13(8-10)20(3,18)19/h4,7-9,11H,5-6H2,1-3H3. The van der Waals surface area contributed by atoms with Crippen molar-refractivity contribution in [2.45, 2.75) is 43.7 Å². The molecule has 1 aromatic rings. The number of sulfone groups is 1. The Morgan fingerprint density at radius 3 is 2.40 bits per heavy atom. The lowest BCUT2D eigenvalue weighted by Gasteiger charge is -2.27. The molecule has 0 atom stereocenters. The lowest BCUT2D eigenvalue weighted by Crippen LogP contribution is -2.38. The Morgan fingerprint density at radius 1 is 1.35 bits per heavy atom. The van der Waals surface area contributed by atoms with Gasteiger partial charge in [-0.3, -0.25) is 4.79 Å². The van der Waals surface area contributed by atoms with Crippen LogP contribution in [-0.4, -0.2) is 37.6 Å². The predicted molar refractivity (Wildman–Crippen MR) is 78.9 cm³/mol. The zero-order chi connectivity index (χ0) is 15.1. The third-order valence-electron chi connectivity index (χ3n) is 3.31. The van der Waals surface area contributed by atoms with Crippen LogP contribution in [0.2, 0.25) is 5.02 Å². The van der Waals surface area contributed by atoms with E-state index in [9.17, 15) is 13.2 Å². The monoisotopic (exact) mass is 315 g/mol. The summed E-state index contributed by atoms with van der Waals surface area (Å²) in [5, 5.41) is 0.145. The van der Waals surface area contributed by atoms with Crippen LogP contribution in [0.3, 0.4) is 0 Å². The molecule has 1 aliphatic rings. The number of hydrogen-bond acceptors (Lipinski definition) is 3. The summed E-state index contributed by atoms with van der Waals surface area (Å²) in [7, 11) is -3.44. The van der Waals surface area contributed by atoms with E-state index in [1.54, 1.807) is 6.07 Å². The zero-order valence-electron chi connectivity index (χ0n) is 11.8. The minimum atomic E-state index is -3.44. The van der Waals surface area contributed by atoms with Crippen LogP contribution in [0.1, 0.15) is 37.0 Å². The Balaban J connectivity index is 2.40. The van der Waals surface area contributed by atoms with Gasteiger partial charge < -0.3 is 4.90 Å². The average Bonchev–Trinajstić information content (AvgIpc) is 3.12. The Bertz CT molecular complexity index is 634. The molecule has 4 nitrogen and oxygen atoms in total. The van der Waals surface area contributed by atoms with Gasteiger partial charge in [0.1, 0.15) is 0 Å². The topological polar surface area (TPSA) is 54.5 Å². The van der Waals surface area contributed by atoms with Gasteiger partial charge in [-0.2, -0.15) is 0 Å². The van der Waals surface area contributed by atoms with E-state index in [-0.39, 0.29) is 27.9 Å². The number of hydrogen-bond donors (Lipinski definition) is 0. The van der Waals surface area contributed by atoms with Gasteiger partial charge in [-0.15, -0.1) is 0 Å². The second kappa shape index (κ2) is 5.37. The smallest absolute Gasteiger partial charge is 0.254 e. The maximum atomic E-state index is 12.5. The summed E-state index contributed by atoms with van der Waals surface area (Å²) >= 11 is 5.90. The summed E-state index contributed by atoms with van der Waals surface area (Å²) in [6.07, 6.45) is 3.11. The van der Waals surface area contributed by atoms with Crippen LogP contribution in [0.25, 0.3) is 0 Å². The first kappa shape index (κ1) is 15.3. The van der Waals surface area contributed by atoms with Gasteiger partial charge in [-0.25, -0.2) is 8.42 Å². The van der Waals surface area contributed by atoms with Crippen molar-refractivity contribution in [2.24, 2.45) is 0 Å². The van der Waals surface area contributed by atoms with Crippen molar-refractivity contribution in [1.82, 2.24) is 4.90 Å². The number of nitrogens with zero attached hydrogens (tertiary/aromatic N) is 1. The van der Waals surface area contributed by atoms with E-state index in [0.717, 1.165) is 19.1 Å². The van der Waals surface area contributed by atoms with E-state index in [2.05, 4.69) is 0 Å². The first-order valence-electron chi connectivity index (χ1n) is 6.54. The van der Waals surface area contributed by atoms with E-state index in [1.165, 1.54) is 12.1 Å². The van der Waals surface area contributed by atoms with Crippen LogP contribution in [0, 0.1) is 0 Å². The highest BCUT2D eigenvalue weighted by Crippen LogP contribution is 2.31. The van der Waals surface area contributed by atoms with Gasteiger partial charge in [0.25, 0.3) is 5.91 Å². The summed E-state index contributed by atoms with van der Waals surface area (Å²) in [6.45, 7) is 3.92. The van der Waals surface area contributed by atoms with Gasteiger partial charge in [-0.1, -0.05) is 11.6 Å². The molecule has 1 amide bonds. The summed E-state index contributed by atoms with van der Waals surface area (Å²) in [5.41, 5.74) is 0.371. The number of rotatable bonds is 4. The quantitative estimate of drug-likeness (QED) is 0.858. The third-order valence-corrected chi connectivity index (χ3v) is 4.89. The van der Waals surface area contributed by atoms with E-state index >= 15 is 0 Å². The predicted octanol–water partition coefficient (Wildman–Crippen LogP) is 2.76. The molecule has 0 heterocycles. The Kier molecular flexibility index (Phi) is 4.12. The molecule has 20 heavy (non-hydrogen) atoms. The lowest BCUT2D eigenvalue weighted by atomic mass is 10.1. The molecule has 0 bridgehead atoms. The van der Waals surface area contributed by atoms with E-state index in [0.29, 0.717) is 5.56 Å². The molecule has 1 fully saturated rings. The van der Waals surface area contributed by atoms with Crippen LogP contribution in [-0.2, 0) is 9.84 Å². The van der Waals surface area contributed by atoms with Crippen LogP contribution in [0.4, 0.5) is 0 Å². The first-order chi connectivity index (χ1) is 9.21. The molecule has 1 aromatic carbocycles. The van der Waals surface area contributed by atoms with Crippen molar-refractivity contribution in [3.05, 3.63) is 28.8 Å². The van der Waals surface area contributed by atoms with Gasteiger partial charge in [-0.05, 0) is 44.9 Å². The SMILES string of the molecule is CC(C)N(C(=O)c1ccc(Cl)c(S(C)(=O)=O)c1)C1CC1. The van der Waals surface area contributed by atoms with E-state index in [1.807, 2.05) is 18.7 Å². The van der Waals surface area contributed by atoms with Crippen molar-refractivity contribution < 1.29 is 13.2 Å². The van der Waals surface area contributed by atoms with Crippen molar-refractivity contribution in [3.8, 4) is 0 Å². The van der Waals surface area contributed by atoms with Gasteiger partial charge >= 0.3 is 0 Å². The molecular weight excluding hydrogens is 298 g/mol. The summed E-state index contributed by atoms with van der Waals surface area (Å²) in [5.74, 6) is -0.135. The second-order valence-electron chi connectivity index (χ2n) is 5.45. The highest BCUT2D eigenvalue weighted by molar-refractivity contribution is 7.90. The van der Waals surface area contributed by atoms with E-state index in [4.69, 9.17) is 11.6 Å². The molecule has 110 valence electrons. The van der Waals surface area contributed by atoms with Crippen LogP contribution in [0.5, 0.6) is 0 Å². The van der Waals surface area contributed by atoms with Crippen molar-refractivity contribution in [3.63, 3.8) is 0 Å². The first-order valence-corrected chi connectivity index (χ1v) is 8.81.